The van der Waals surface area contributed by atoms with Crippen LogP contribution < -0.4 is 11.5 Å². The summed E-state index contributed by atoms with van der Waals surface area (Å²) >= 11 is 1.55. The molecule has 0 aliphatic rings. The summed E-state index contributed by atoms with van der Waals surface area (Å²) in [7, 11) is 0. The number of benzene rings is 1. The fraction of sp³-hybridized carbons (Fsp3) is 0.0833. The lowest BCUT2D eigenvalue weighted by molar-refractivity contribution is 0.100. The molecule has 0 spiro atoms. The number of primary amides is 1. The summed E-state index contributed by atoms with van der Waals surface area (Å²) in [6, 6.07) is 8.80. The van der Waals surface area contributed by atoms with Crippen molar-refractivity contribution in [3.63, 3.8) is 0 Å². The number of rotatable bonds is 4. The Balaban J connectivity index is 2.09. The molecule has 1 amide bonds. The number of hydrogen-bond donors (Lipinski definition) is 2. The van der Waals surface area contributed by atoms with Crippen molar-refractivity contribution in [1.82, 2.24) is 0 Å². The van der Waals surface area contributed by atoms with Gasteiger partial charge in [-0.05, 0) is 30.3 Å². The highest BCUT2D eigenvalue weighted by atomic mass is 32.2. The van der Waals surface area contributed by atoms with Crippen LogP contribution in [-0.4, -0.2) is 5.91 Å². The predicted octanol–water partition coefficient (Wildman–Crippen LogP) is 2.25. The molecule has 0 fully saturated rings. The summed E-state index contributed by atoms with van der Waals surface area (Å²) in [6.45, 7) is 0. The fourth-order valence-corrected chi connectivity index (χ4v) is 2.23. The Morgan fingerprint density at radius 2 is 2.18 bits per heavy atom. The molecule has 0 aliphatic heterocycles. The van der Waals surface area contributed by atoms with Crippen LogP contribution in [0.5, 0.6) is 0 Å². The van der Waals surface area contributed by atoms with Gasteiger partial charge in [0.1, 0.15) is 5.76 Å². The van der Waals surface area contributed by atoms with Gasteiger partial charge in [0.05, 0.1) is 12.0 Å². The molecule has 1 heterocycles. The zero-order chi connectivity index (χ0) is 12.3. The van der Waals surface area contributed by atoms with Crippen molar-refractivity contribution >= 4 is 23.4 Å². The number of amides is 1. The molecular weight excluding hydrogens is 236 g/mol. The third-order valence-electron chi connectivity index (χ3n) is 2.24. The maximum absolute atomic E-state index is 11.0. The lowest BCUT2D eigenvalue weighted by Crippen LogP contribution is -2.11. The van der Waals surface area contributed by atoms with Crippen LogP contribution in [-0.2, 0) is 5.75 Å². The van der Waals surface area contributed by atoms with Crippen molar-refractivity contribution in [3.05, 3.63) is 47.9 Å². The molecule has 0 saturated heterocycles. The Kier molecular flexibility index (Phi) is 3.39. The van der Waals surface area contributed by atoms with Crippen LogP contribution in [0.4, 0.5) is 5.69 Å². The SMILES string of the molecule is NC(=O)c1ccc(SCc2ccco2)c(N)c1. The van der Waals surface area contributed by atoms with Gasteiger partial charge in [-0.15, -0.1) is 11.8 Å². The zero-order valence-electron chi connectivity index (χ0n) is 9.05. The number of nitrogens with two attached hydrogens (primary N) is 2. The number of hydrogen-bond acceptors (Lipinski definition) is 4. The standard InChI is InChI=1S/C12H12N2O2S/c13-10-6-8(12(14)15)3-4-11(10)17-7-9-2-1-5-16-9/h1-6H,7,13H2,(H2,14,15). The van der Waals surface area contributed by atoms with Crippen molar-refractivity contribution in [1.29, 1.82) is 0 Å². The highest BCUT2D eigenvalue weighted by Crippen LogP contribution is 2.28. The van der Waals surface area contributed by atoms with Crippen LogP contribution in [0.15, 0.2) is 45.9 Å². The van der Waals surface area contributed by atoms with Crippen molar-refractivity contribution in [2.24, 2.45) is 5.73 Å². The lowest BCUT2D eigenvalue weighted by atomic mass is 10.2. The highest BCUT2D eigenvalue weighted by Gasteiger charge is 2.06. The van der Waals surface area contributed by atoms with Gasteiger partial charge < -0.3 is 15.9 Å². The summed E-state index contributed by atoms with van der Waals surface area (Å²) < 4.78 is 5.22. The van der Waals surface area contributed by atoms with E-state index in [0.29, 0.717) is 17.0 Å². The van der Waals surface area contributed by atoms with Gasteiger partial charge in [0.15, 0.2) is 0 Å². The van der Waals surface area contributed by atoms with Gasteiger partial charge >= 0.3 is 0 Å². The third-order valence-corrected chi connectivity index (χ3v) is 3.36. The second kappa shape index (κ2) is 4.97. The van der Waals surface area contributed by atoms with E-state index in [9.17, 15) is 4.79 Å². The molecule has 2 aromatic rings. The summed E-state index contributed by atoms with van der Waals surface area (Å²) in [4.78, 5) is 11.9. The Labute approximate surface area is 103 Å². The molecule has 5 heteroatoms. The summed E-state index contributed by atoms with van der Waals surface area (Å²) in [5, 5.41) is 0. The Morgan fingerprint density at radius 3 is 2.76 bits per heavy atom. The fourth-order valence-electron chi connectivity index (χ4n) is 1.38. The molecule has 0 saturated carbocycles. The van der Waals surface area contributed by atoms with E-state index in [1.807, 2.05) is 12.1 Å². The average Bonchev–Trinajstić information content (AvgIpc) is 2.80. The minimum Gasteiger partial charge on any atom is -0.468 e. The quantitative estimate of drug-likeness (QED) is 0.642. The van der Waals surface area contributed by atoms with Crippen LogP contribution in [0.1, 0.15) is 16.1 Å². The highest BCUT2D eigenvalue weighted by molar-refractivity contribution is 7.98. The maximum Gasteiger partial charge on any atom is 0.248 e. The van der Waals surface area contributed by atoms with E-state index in [1.54, 1.807) is 36.2 Å². The first-order chi connectivity index (χ1) is 8.16. The number of nitrogen functional groups attached to an aromatic ring is 1. The number of carbonyl (C=O) groups excluding carboxylic acids is 1. The van der Waals surface area contributed by atoms with E-state index in [4.69, 9.17) is 15.9 Å². The lowest BCUT2D eigenvalue weighted by Gasteiger charge is -2.05. The third kappa shape index (κ3) is 2.82. The first-order valence-electron chi connectivity index (χ1n) is 5.01. The maximum atomic E-state index is 11.0. The molecule has 0 unspecified atom stereocenters. The topological polar surface area (TPSA) is 82.2 Å². The van der Waals surface area contributed by atoms with Crippen molar-refractivity contribution in [2.75, 3.05) is 5.73 Å². The molecule has 4 N–H and O–H groups in total. The van der Waals surface area contributed by atoms with Crippen molar-refractivity contribution < 1.29 is 9.21 Å². The predicted molar refractivity (Wildman–Crippen MR) is 67.6 cm³/mol. The minimum atomic E-state index is -0.473. The number of anilines is 1. The van der Waals surface area contributed by atoms with E-state index in [1.165, 1.54) is 0 Å². The van der Waals surface area contributed by atoms with E-state index in [2.05, 4.69) is 0 Å². The second-order valence-corrected chi connectivity index (χ2v) is 4.50. The smallest absolute Gasteiger partial charge is 0.248 e. The minimum absolute atomic E-state index is 0.421. The molecule has 0 aliphatic carbocycles. The van der Waals surface area contributed by atoms with Gasteiger partial charge in [-0.3, -0.25) is 4.79 Å². The molecule has 0 atom stereocenters. The van der Waals surface area contributed by atoms with Crippen LogP contribution in [0, 0.1) is 0 Å². The number of furan rings is 1. The van der Waals surface area contributed by atoms with Gasteiger partial charge in [-0.1, -0.05) is 0 Å². The molecule has 0 bridgehead atoms. The monoisotopic (exact) mass is 248 g/mol. The Bertz CT molecular complexity index is 523. The summed E-state index contributed by atoms with van der Waals surface area (Å²) in [5.41, 5.74) is 12.0. The summed E-state index contributed by atoms with van der Waals surface area (Å²) in [5.74, 6) is 1.11. The molecular formula is C12H12N2O2S. The van der Waals surface area contributed by atoms with Crippen LogP contribution >= 0.6 is 11.8 Å². The zero-order valence-corrected chi connectivity index (χ0v) is 9.87. The number of thioether (sulfide) groups is 1. The molecule has 2 rings (SSSR count). The van der Waals surface area contributed by atoms with E-state index >= 15 is 0 Å². The van der Waals surface area contributed by atoms with Crippen LogP contribution in [0.3, 0.4) is 0 Å². The Morgan fingerprint density at radius 1 is 1.35 bits per heavy atom. The van der Waals surface area contributed by atoms with Gasteiger partial charge in [0.25, 0.3) is 0 Å². The Hall–Kier alpha value is -1.88. The van der Waals surface area contributed by atoms with E-state index in [-0.39, 0.29) is 0 Å². The van der Waals surface area contributed by atoms with Gasteiger partial charge in [-0.25, -0.2) is 0 Å². The average molecular weight is 248 g/mol. The molecule has 1 aromatic carbocycles. The first kappa shape index (κ1) is 11.6. The van der Waals surface area contributed by atoms with E-state index < -0.39 is 5.91 Å². The largest absolute Gasteiger partial charge is 0.468 e. The molecule has 17 heavy (non-hydrogen) atoms. The van der Waals surface area contributed by atoms with Gasteiger partial charge in [0.2, 0.25) is 5.91 Å². The molecule has 88 valence electrons. The summed E-state index contributed by atoms with van der Waals surface area (Å²) in [6.07, 6.45) is 1.63. The van der Waals surface area contributed by atoms with Gasteiger partial charge in [0, 0.05) is 16.1 Å². The van der Waals surface area contributed by atoms with Crippen LogP contribution in [0.25, 0.3) is 0 Å². The first-order valence-corrected chi connectivity index (χ1v) is 6.00. The second-order valence-electron chi connectivity index (χ2n) is 3.48. The number of carbonyl (C=O) groups is 1. The van der Waals surface area contributed by atoms with Crippen molar-refractivity contribution in [3.8, 4) is 0 Å². The normalized spacial score (nSPS) is 10.4. The van der Waals surface area contributed by atoms with E-state index in [0.717, 1.165) is 10.7 Å². The molecule has 0 radical (unpaired) electrons. The van der Waals surface area contributed by atoms with Gasteiger partial charge in [-0.2, -0.15) is 0 Å². The molecule has 1 aromatic heterocycles. The van der Waals surface area contributed by atoms with Crippen molar-refractivity contribution in [2.45, 2.75) is 10.6 Å². The van der Waals surface area contributed by atoms with Crippen LogP contribution in [0.2, 0.25) is 0 Å². The molecule has 4 nitrogen and oxygen atoms in total.